The summed E-state index contributed by atoms with van der Waals surface area (Å²) < 4.78 is 1.22. The molecule has 0 saturated heterocycles. The quantitative estimate of drug-likeness (QED) is 0.879. The number of benzene rings is 1. The first kappa shape index (κ1) is 15.7. The van der Waals surface area contributed by atoms with E-state index in [0.29, 0.717) is 16.3 Å². The third-order valence-corrected chi connectivity index (χ3v) is 4.16. The first-order valence-corrected chi connectivity index (χ1v) is 7.62. The number of aryl methyl sites for hydroxylation is 1. The number of nitrogen functional groups attached to an aromatic ring is 1. The molecule has 1 heterocycles. The summed E-state index contributed by atoms with van der Waals surface area (Å²) in [6, 6.07) is 11.1. The molecule has 0 amide bonds. The number of hydrogen-bond donors (Lipinski definition) is 1. The highest BCUT2D eigenvalue weighted by Gasteiger charge is 2.21. The van der Waals surface area contributed by atoms with Crippen molar-refractivity contribution in [3.63, 3.8) is 0 Å². The van der Waals surface area contributed by atoms with Gasteiger partial charge in [-0.05, 0) is 24.8 Å². The number of anilines is 1. The van der Waals surface area contributed by atoms with Gasteiger partial charge in [-0.3, -0.25) is 9.36 Å². The summed E-state index contributed by atoms with van der Waals surface area (Å²) in [7, 11) is 0. The molecule has 0 atom stereocenters. The summed E-state index contributed by atoms with van der Waals surface area (Å²) in [5.74, 6) is 0.697. The number of nitriles is 2. The number of rotatable bonds is 3. The van der Waals surface area contributed by atoms with E-state index in [2.05, 4.69) is 0 Å². The van der Waals surface area contributed by atoms with Crippen molar-refractivity contribution in [3.8, 4) is 17.8 Å². The lowest BCUT2D eigenvalue weighted by Crippen LogP contribution is -2.26. The second kappa shape index (κ2) is 6.38. The number of hydrogen-bond acceptors (Lipinski definition) is 5. The summed E-state index contributed by atoms with van der Waals surface area (Å²) in [6.45, 7) is 3.81. The van der Waals surface area contributed by atoms with Crippen LogP contribution in [0.5, 0.6) is 0 Å². The highest BCUT2D eigenvalue weighted by molar-refractivity contribution is 7.99. The minimum absolute atomic E-state index is 0.0434. The number of thioether (sulfide) groups is 1. The first-order chi connectivity index (χ1) is 10.5. The molecule has 0 fully saturated rings. The van der Waals surface area contributed by atoms with E-state index >= 15 is 0 Å². The Morgan fingerprint density at radius 2 is 1.77 bits per heavy atom. The van der Waals surface area contributed by atoms with Crippen LogP contribution in [0, 0.1) is 29.6 Å². The SMILES string of the molecule is CCSc1c(C#N)c(N)n(-c2ccc(C)cc2)c(=O)c1C#N. The van der Waals surface area contributed by atoms with Crippen LogP contribution < -0.4 is 11.3 Å². The van der Waals surface area contributed by atoms with Crippen LogP contribution >= 0.6 is 11.8 Å². The molecule has 1 aromatic heterocycles. The van der Waals surface area contributed by atoms with Gasteiger partial charge in [0, 0.05) is 0 Å². The zero-order valence-electron chi connectivity index (χ0n) is 12.3. The Morgan fingerprint density at radius 1 is 1.18 bits per heavy atom. The second-order valence-electron chi connectivity index (χ2n) is 4.60. The van der Waals surface area contributed by atoms with Crippen molar-refractivity contribution < 1.29 is 0 Å². The number of aromatic nitrogens is 1. The average Bonchev–Trinajstić information content (AvgIpc) is 2.50. The molecular weight excluding hydrogens is 296 g/mol. The average molecular weight is 310 g/mol. The van der Waals surface area contributed by atoms with Crippen molar-refractivity contribution in [2.75, 3.05) is 11.5 Å². The molecule has 0 radical (unpaired) electrons. The minimum Gasteiger partial charge on any atom is -0.384 e. The highest BCUT2D eigenvalue weighted by Crippen LogP contribution is 2.29. The van der Waals surface area contributed by atoms with Gasteiger partial charge in [0.1, 0.15) is 29.1 Å². The maximum absolute atomic E-state index is 12.6. The molecule has 0 spiro atoms. The van der Waals surface area contributed by atoms with E-state index in [1.54, 1.807) is 12.1 Å². The molecule has 110 valence electrons. The van der Waals surface area contributed by atoms with Crippen molar-refractivity contribution in [2.24, 2.45) is 0 Å². The van der Waals surface area contributed by atoms with Crippen LogP contribution in [0.15, 0.2) is 34.0 Å². The summed E-state index contributed by atoms with van der Waals surface area (Å²) in [5, 5.41) is 18.7. The van der Waals surface area contributed by atoms with Crippen LogP contribution in [0.1, 0.15) is 23.6 Å². The van der Waals surface area contributed by atoms with E-state index in [9.17, 15) is 15.3 Å². The minimum atomic E-state index is -0.501. The van der Waals surface area contributed by atoms with E-state index in [4.69, 9.17) is 5.73 Å². The third kappa shape index (κ3) is 2.57. The molecule has 6 heteroatoms. The topological polar surface area (TPSA) is 95.6 Å². The Balaban J connectivity index is 2.88. The fraction of sp³-hybridized carbons (Fsp3) is 0.188. The van der Waals surface area contributed by atoms with Crippen LogP contribution in [0.4, 0.5) is 5.82 Å². The van der Waals surface area contributed by atoms with Crippen LogP contribution in [0.3, 0.4) is 0 Å². The van der Waals surface area contributed by atoms with Gasteiger partial charge < -0.3 is 5.73 Å². The van der Waals surface area contributed by atoms with Gasteiger partial charge in [0.25, 0.3) is 5.56 Å². The van der Waals surface area contributed by atoms with Gasteiger partial charge in [0.05, 0.1) is 10.6 Å². The van der Waals surface area contributed by atoms with E-state index in [-0.39, 0.29) is 16.9 Å². The second-order valence-corrected chi connectivity index (χ2v) is 5.87. The first-order valence-electron chi connectivity index (χ1n) is 6.63. The van der Waals surface area contributed by atoms with Gasteiger partial charge in [0.2, 0.25) is 0 Å². The highest BCUT2D eigenvalue weighted by atomic mass is 32.2. The number of nitrogens with two attached hydrogens (primary N) is 1. The van der Waals surface area contributed by atoms with Gasteiger partial charge >= 0.3 is 0 Å². The smallest absolute Gasteiger partial charge is 0.275 e. The molecule has 0 unspecified atom stereocenters. The molecular formula is C16H14N4OS. The largest absolute Gasteiger partial charge is 0.384 e. The zero-order valence-corrected chi connectivity index (χ0v) is 13.1. The van der Waals surface area contributed by atoms with Crippen molar-refractivity contribution >= 4 is 17.6 Å². The standard InChI is InChI=1S/C16H14N4OS/c1-3-22-14-12(8-17)15(19)20(16(21)13(14)9-18)11-6-4-10(2)5-7-11/h4-7H,3,19H2,1-2H3. The van der Waals surface area contributed by atoms with Crippen molar-refractivity contribution in [1.29, 1.82) is 10.5 Å². The van der Waals surface area contributed by atoms with Crippen LogP contribution in [0.2, 0.25) is 0 Å². The lowest BCUT2D eigenvalue weighted by Gasteiger charge is -2.15. The number of nitrogens with zero attached hydrogens (tertiary/aromatic N) is 3. The van der Waals surface area contributed by atoms with Gasteiger partial charge in [-0.1, -0.05) is 24.6 Å². The summed E-state index contributed by atoms with van der Waals surface area (Å²) in [5.41, 5.74) is 7.24. The third-order valence-electron chi connectivity index (χ3n) is 3.17. The fourth-order valence-corrected chi connectivity index (χ4v) is 2.98. The lowest BCUT2D eigenvalue weighted by atomic mass is 10.1. The zero-order chi connectivity index (χ0) is 16.3. The normalized spacial score (nSPS) is 10.0. The molecule has 0 aliphatic heterocycles. The van der Waals surface area contributed by atoms with Crippen LogP contribution in [-0.2, 0) is 0 Å². The number of pyridine rings is 1. The van der Waals surface area contributed by atoms with E-state index in [1.807, 2.05) is 38.1 Å². The van der Waals surface area contributed by atoms with Crippen molar-refractivity contribution in [1.82, 2.24) is 4.57 Å². The van der Waals surface area contributed by atoms with Crippen LogP contribution in [0.25, 0.3) is 5.69 Å². The predicted molar refractivity (Wildman–Crippen MR) is 87.0 cm³/mol. The molecule has 2 rings (SSSR count). The maximum Gasteiger partial charge on any atom is 0.275 e. The van der Waals surface area contributed by atoms with E-state index in [1.165, 1.54) is 16.3 Å². The molecule has 0 aliphatic rings. The Bertz CT molecular complexity index is 854. The molecule has 22 heavy (non-hydrogen) atoms. The summed E-state index contributed by atoms with van der Waals surface area (Å²) in [4.78, 5) is 13.0. The predicted octanol–water partition coefficient (Wildman–Crippen LogP) is 2.58. The maximum atomic E-state index is 12.6. The summed E-state index contributed by atoms with van der Waals surface area (Å²) in [6.07, 6.45) is 0. The molecule has 5 nitrogen and oxygen atoms in total. The summed E-state index contributed by atoms with van der Waals surface area (Å²) >= 11 is 1.27. The molecule has 2 N–H and O–H groups in total. The van der Waals surface area contributed by atoms with Gasteiger partial charge in [-0.15, -0.1) is 11.8 Å². The molecule has 0 bridgehead atoms. The van der Waals surface area contributed by atoms with E-state index < -0.39 is 5.56 Å². The van der Waals surface area contributed by atoms with E-state index in [0.717, 1.165) is 5.56 Å². The Labute approximate surface area is 132 Å². The van der Waals surface area contributed by atoms with Gasteiger partial charge in [0.15, 0.2) is 0 Å². The van der Waals surface area contributed by atoms with Gasteiger partial charge in [-0.2, -0.15) is 10.5 Å². The van der Waals surface area contributed by atoms with Gasteiger partial charge in [-0.25, -0.2) is 0 Å². The fourth-order valence-electron chi connectivity index (χ4n) is 2.12. The molecule has 2 aromatic rings. The molecule has 0 aliphatic carbocycles. The Hall–Kier alpha value is -2.70. The van der Waals surface area contributed by atoms with Crippen LogP contribution in [-0.4, -0.2) is 10.3 Å². The van der Waals surface area contributed by atoms with Crippen molar-refractivity contribution in [2.45, 2.75) is 18.7 Å². The van der Waals surface area contributed by atoms with Crippen molar-refractivity contribution in [3.05, 3.63) is 51.3 Å². The molecule has 1 aromatic carbocycles. The monoisotopic (exact) mass is 310 g/mol. The molecule has 0 saturated carbocycles. The lowest BCUT2D eigenvalue weighted by molar-refractivity contribution is 0.967. The Kier molecular flexibility index (Phi) is 4.55. The Morgan fingerprint density at radius 3 is 2.27 bits per heavy atom.